The molecule has 1 aliphatic rings. The molecule has 0 saturated heterocycles. The van der Waals surface area contributed by atoms with Crippen molar-refractivity contribution in [2.75, 3.05) is 13.2 Å². The number of fused-ring (bicyclic) bond motifs is 1. The number of rotatable bonds is 7. The van der Waals surface area contributed by atoms with Crippen LogP contribution in [0.25, 0.3) is 10.9 Å². The van der Waals surface area contributed by atoms with Gasteiger partial charge in [0.1, 0.15) is 17.9 Å². The monoisotopic (exact) mass is 360 g/mol. The zero-order chi connectivity index (χ0) is 18.3. The number of ether oxygens (including phenoxy) is 1. The number of aromatic nitrogens is 1. The summed E-state index contributed by atoms with van der Waals surface area (Å²) in [5, 5.41) is 1.13. The molecule has 0 aliphatic heterocycles. The van der Waals surface area contributed by atoms with Gasteiger partial charge in [0.25, 0.3) is 0 Å². The summed E-state index contributed by atoms with van der Waals surface area (Å²) in [7, 11) is 0. The van der Waals surface area contributed by atoms with Crippen molar-refractivity contribution in [1.29, 1.82) is 0 Å². The van der Waals surface area contributed by atoms with E-state index >= 15 is 0 Å². The smallest absolute Gasteiger partial charge is 0.145 e. The second kappa shape index (κ2) is 9.01. The van der Waals surface area contributed by atoms with Crippen LogP contribution in [0.4, 0.5) is 0 Å². The molecule has 3 aromatic rings. The molecule has 0 radical (unpaired) electrons. The van der Waals surface area contributed by atoms with Gasteiger partial charge in [-0.15, -0.1) is 0 Å². The number of hydrogen-bond donors (Lipinski definition) is 0. The van der Waals surface area contributed by atoms with Gasteiger partial charge in [0.05, 0.1) is 0 Å². The van der Waals surface area contributed by atoms with E-state index in [0.29, 0.717) is 12.6 Å². The van der Waals surface area contributed by atoms with E-state index in [1.807, 2.05) is 24.4 Å². The number of hydrogen-bond acceptors (Lipinski definition) is 3. The Kier molecular flexibility index (Phi) is 6.00. The molecule has 2 aromatic carbocycles. The molecular weight excluding hydrogens is 332 g/mol. The van der Waals surface area contributed by atoms with Crippen molar-refractivity contribution in [1.82, 2.24) is 9.88 Å². The lowest BCUT2D eigenvalue weighted by Crippen LogP contribution is -2.39. The number of pyridine rings is 1. The normalized spacial score (nSPS) is 15.3. The molecule has 0 atom stereocenters. The summed E-state index contributed by atoms with van der Waals surface area (Å²) >= 11 is 0. The summed E-state index contributed by atoms with van der Waals surface area (Å²) in [6, 6.07) is 21.7. The maximum atomic E-state index is 6.17. The van der Waals surface area contributed by atoms with Crippen LogP contribution in [0.1, 0.15) is 37.7 Å². The van der Waals surface area contributed by atoms with Crippen LogP contribution in [0.3, 0.4) is 0 Å². The Morgan fingerprint density at radius 2 is 1.70 bits per heavy atom. The largest absolute Gasteiger partial charge is 0.490 e. The average molecular weight is 361 g/mol. The highest BCUT2D eigenvalue weighted by atomic mass is 16.5. The molecule has 140 valence electrons. The van der Waals surface area contributed by atoms with Crippen LogP contribution in [0.15, 0.2) is 66.9 Å². The fourth-order valence-electron chi connectivity index (χ4n) is 4.12. The Morgan fingerprint density at radius 1 is 0.889 bits per heavy atom. The van der Waals surface area contributed by atoms with Gasteiger partial charge in [-0.1, -0.05) is 67.8 Å². The fraction of sp³-hybridized carbons (Fsp3) is 0.375. The minimum absolute atomic E-state index is 0.674. The summed E-state index contributed by atoms with van der Waals surface area (Å²) in [6.07, 6.45) is 8.53. The van der Waals surface area contributed by atoms with Gasteiger partial charge in [-0.05, 0) is 30.5 Å². The Balaban J connectivity index is 1.43. The minimum atomic E-state index is 0.674. The van der Waals surface area contributed by atoms with Gasteiger partial charge in [-0.2, -0.15) is 0 Å². The Hall–Kier alpha value is -2.39. The first-order valence-electron chi connectivity index (χ1n) is 10.1. The van der Waals surface area contributed by atoms with E-state index in [2.05, 4.69) is 52.3 Å². The molecule has 3 heteroatoms. The lowest BCUT2D eigenvalue weighted by Gasteiger charge is -2.34. The Morgan fingerprint density at radius 3 is 2.56 bits per heavy atom. The molecule has 0 bridgehead atoms. The molecule has 27 heavy (non-hydrogen) atoms. The third-order valence-corrected chi connectivity index (χ3v) is 5.55. The SMILES string of the molecule is c1ccc(CN(CCOc2cccc3cccnc23)C2CCCCC2)cc1. The van der Waals surface area contributed by atoms with Crippen LogP contribution in [0.5, 0.6) is 5.75 Å². The van der Waals surface area contributed by atoms with Crippen molar-refractivity contribution in [3.8, 4) is 5.75 Å². The van der Waals surface area contributed by atoms with Gasteiger partial charge in [0.15, 0.2) is 0 Å². The molecule has 0 amide bonds. The van der Waals surface area contributed by atoms with Crippen molar-refractivity contribution in [3.05, 3.63) is 72.4 Å². The molecule has 4 rings (SSSR count). The summed E-state index contributed by atoms with van der Waals surface area (Å²) in [4.78, 5) is 7.12. The zero-order valence-corrected chi connectivity index (χ0v) is 15.9. The molecule has 1 saturated carbocycles. The van der Waals surface area contributed by atoms with Crippen molar-refractivity contribution in [2.24, 2.45) is 0 Å². The standard InChI is InChI=1S/C24H28N2O/c1-3-9-20(10-4-1)19-26(22-13-5-2-6-14-22)17-18-27-23-15-7-11-21-12-8-16-25-24(21)23/h1,3-4,7-12,15-16,22H,2,5-6,13-14,17-19H2. The second-order valence-electron chi connectivity index (χ2n) is 7.43. The van der Waals surface area contributed by atoms with Crippen LogP contribution in [-0.4, -0.2) is 29.1 Å². The number of nitrogens with zero attached hydrogens (tertiary/aromatic N) is 2. The van der Waals surface area contributed by atoms with E-state index in [1.165, 1.54) is 37.7 Å². The molecule has 1 heterocycles. The fourth-order valence-corrected chi connectivity index (χ4v) is 4.12. The summed E-state index contributed by atoms with van der Waals surface area (Å²) < 4.78 is 6.17. The van der Waals surface area contributed by atoms with Gasteiger partial charge in [-0.25, -0.2) is 0 Å². The first kappa shape index (κ1) is 18.0. The van der Waals surface area contributed by atoms with Crippen LogP contribution in [-0.2, 0) is 6.54 Å². The second-order valence-corrected chi connectivity index (χ2v) is 7.43. The molecule has 3 nitrogen and oxygen atoms in total. The minimum Gasteiger partial charge on any atom is -0.490 e. The highest BCUT2D eigenvalue weighted by Gasteiger charge is 2.21. The summed E-state index contributed by atoms with van der Waals surface area (Å²) in [6.45, 7) is 2.64. The molecule has 0 unspecified atom stereocenters. The van der Waals surface area contributed by atoms with Crippen molar-refractivity contribution in [2.45, 2.75) is 44.7 Å². The first-order chi connectivity index (χ1) is 13.4. The topological polar surface area (TPSA) is 25.4 Å². The molecule has 0 N–H and O–H groups in total. The van der Waals surface area contributed by atoms with Crippen molar-refractivity contribution in [3.63, 3.8) is 0 Å². The van der Waals surface area contributed by atoms with Gasteiger partial charge >= 0.3 is 0 Å². The van der Waals surface area contributed by atoms with Crippen molar-refractivity contribution < 1.29 is 4.74 Å². The van der Waals surface area contributed by atoms with Gasteiger partial charge in [0, 0.05) is 30.7 Å². The van der Waals surface area contributed by atoms with E-state index < -0.39 is 0 Å². The van der Waals surface area contributed by atoms with Gasteiger partial charge < -0.3 is 4.74 Å². The van der Waals surface area contributed by atoms with E-state index in [9.17, 15) is 0 Å². The summed E-state index contributed by atoms with van der Waals surface area (Å²) in [5.74, 6) is 0.886. The third kappa shape index (κ3) is 4.67. The maximum absolute atomic E-state index is 6.17. The van der Waals surface area contributed by atoms with Crippen LogP contribution in [0, 0.1) is 0 Å². The van der Waals surface area contributed by atoms with Crippen LogP contribution >= 0.6 is 0 Å². The lowest BCUT2D eigenvalue weighted by molar-refractivity contribution is 0.123. The Bertz CT molecular complexity index is 838. The van der Waals surface area contributed by atoms with E-state index in [-0.39, 0.29) is 0 Å². The number of benzene rings is 2. The van der Waals surface area contributed by atoms with Gasteiger partial charge in [-0.3, -0.25) is 9.88 Å². The molecular formula is C24H28N2O. The van der Waals surface area contributed by atoms with Gasteiger partial charge in [0.2, 0.25) is 0 Å². The third-order valence-electron chi connectivity index (χ3n) is 5.55. The molecule has 0 spiro atoms. The first-order valence-corrected chi connectivity index (χ1v) is 10.1. The molecule has 1 fully saturated rings. The van der Waals surface area contributed by atoms with E-state index in [0.717, 1.165) is 29.7 Å². The highest BCUT2D eigenvalue weighted by molar-refractivity contribution is 5.84. The highest BCUT2D eigenvalue weighted by Crippen LogP contribution is 2.25. The lowest BCUT2D eigenvalue weighted by atomic mass is 9.94. The molecule has 1 aromatic heterocycles. The average Bonchev–Trinajstić information content (AvgIpc) is 2.74. The predicted octanol–water partition coefficient (Wildman–Crippen LogP) is 5.45. The van der Waals surface area contributed by atoms with E-state index in [1.54, 1.807) is 0 Å². The predicted molar refractivity (Wildman–Crippen MR) is 111 cm³/mol. The quantitative estimate of drug-likeness (QED) is 0.560. The Labute approximate surface area is 162 Å². The van der Waals surface area contributed by atoms with E-state index in [4.69, 9.17) is 4.74 Å². The summed E-state index contributed by atoms with van der Waals surface area (Å²) in [5.41, 5.74) is 2.34. The zero-order valence-electron chi connectivity index (χ0n) is 15.9. The molecule has 1 aliphatic carbocycles. The van der Waals surface area contributed by atoms with Crippen LogP contribution in [0.2, 0.25) is 0 Å². The van der Waals surface area contributed by atoms with Crippen molar-refractivity contribution >= 4 is 10.9 Å². The number of para-hydroxylation sites is 1. The van der Waals surface area contributed by atoms with Crippen LogP contribution < -0.4 is 4.74 Å². The maximum Gasteiger partial charge on any atom is 0.145 e.